The van der Waals surface area contributed by atoms with Crippen LogP contribution >= 0.6 is 0 Å². The monoisotopic (exact) mass is 405 g/mol. The van der Waals surface area contributed by atoms with E-state index in [4.69, 9.17) is 9.47 Å². The van der Waals surface area contributed by atoms with Crippen LogP contribution in [0, 0.1) is 6.92 Å². The first kappa shape index (κ1) is 18.1. The molecule has 0 spiro atoms. The van der Waals surface area contributed by atoms with Gasteiger partial charge >= 0.3 is 0 Å². The van der Waals surface area contributed by atoms with Crippen molar-refractivity contribution in [1.29, 1.82) is 0 Å². The van der Waals surface area contributed by atoms with Gasteiger partial charge in [0.05, 0.1) is 19.9 Å². The van der Waals surface area contributed by atoms with Gasteiger partial charge in [0.15, 0.2) is 23.0 Å². The second-order valence-electron chi connectivity index (χ2n) is 7.00. The van der Waals surface area contributed by atoms with E-state index in [0.29, 0.717) is 35.2 Å². The van der Waals surface area contributed by atoms with Crippen molar-refractivity contribution in [3.63, 3.8) is 0 Å². The van der Waals surface area contributed by atoms with Gasteiger partial charge in [-0.05, 0) is 36.8 Å². The Bertz CT molecular complexity index is 1280. The van der Waals surface area contributed by atoms with Crippen molar-refractivity contribution in [1.82, 2.24) is 29.6 Å². The van der Waals surface area contributed by atoms with Gasteiger partial charge < -0.3 is 14.8 Å². The molecule has 1 N–H and O–H groups in total. The molecule has 4 heterocycles. The number of amides is 1. The molecule has 0 radical (unpaired) electrons. The Morgan fingerprint density at radius 3 is 2.73 bits per heavy atom. The number of hydrogen-bond acceptors (Lipinski definition) is 7. The standard InChI is InChI=1S/C20H19N7O3/c1-11-19-13(12-4-5-14(29-2)15(8-12)30-3)9-18(28)22-20(19)27(24-11)17-7-6-16-23-21-10-26(16)25-17/h4-8,10,13H,9H2,1-3H3,(H,22,28). The van der Waals surface area contributed by atoms with Crippen LogP contribution < -0.4 is 14.8 Å². The second kappa shape index (κ2) is 6.83. The lowest BCUT2D eigenvalue weighted by molar-refractivity contribution is -0.116. The minimum Gasteiger partial charge on any atom is -0.493 e. The Morgan fingerprint density at radius 2 is 1.93 bits per heavy atom. The normalized spacial score (nSPS) is 15.7. The van der Waals surface area contributed by atoms with Crippen LogP contribution in [0.5, 0.6) is 11.5 Å². The number of benzene rings is 1. The van der Waals surface area contributed by atoms with Crippen molar-refractivity contribution in [3.8, 4) is 17.3 Å². The summed E-state index contributed by atoms with van der Waals surface area (Å²) in [5, 5.41) is 20.0. The predicted octanol–water partition coefficient (Wildman–Crippen LogP) is 2.11. The van der Waals surface area contributed by atoms with Gasteiger partial charge in [-0.3, -0.25) is 4.79 Å². The number of ether oxygens (including phenoxy) is 2. The van der Waals surface area contributed by atoms with Crippen molar-refractivity contribution in [2.24, 2.45) is 0 Å². The minimum absolute atomic E-state index is 0.0891. The molecule has 10 heteroatoms. The van der Waals surface area contributed by atoms with Gasteiger partial charge in [-0.2, -0.15) is 14.3 Å². The predicted molar refractivity (Wildman–Crippen MR) is 107 cm³/mol. The molecule has 0 aliphatic carbocycles. The summed E-state index contributed by atoms with van der Waals surface area (Å²) in [6.45, 7) is 1.93. The number of carbonyl (C=O) groups is 1. The zero-order valence-corrected chi connectivity index (χ0v) is 16.7. The summed E-state index contributed by atoms with van der Waals surface area (Å²) in [5.74, 6) is 2.17. The van der Waals surface area contributed by atoms with Crippen molar-refractivity contribution >= 4 is 17.4 Å². The smallest absolute Gasteiger partial charge is 0.226 e. The molecule has 0 fully saturated rings. The van der Waals surface area contributed by atoms with Crippen LogP contribution in [0.2, 0.25) is 0 Å². The molecule has 1 unspecified atom stereocenters. The Labute approximate surface area is 171 Å². The van der Waals surface area contributed by atoms with E-state index in [1.54, 1.807) is 35.5 Å². The highest BCUT2D eigenvalue weighted by Gasteiger charge is 2.33. The Kier molecular flexibility index (Phi) is 4.12. The van der Waals surface area contributed by atoms with Crippen molar-refractivity contribution in [2.75, 3.05) is 19.5 Å². The highest BCUT2D eigenvalue weighted by molar-refractivity contribution is 5.95. The summed E-state index contributed by atoms with van der Waals surface area (Å²) >= 11 is 0. The van der Waals surface area contributed by atoms with Crippen molar-refractivity contribution < 1.29 is 14.3 Å². The molecule has 3 aromatic heterocycles. The molecule has 1 atom stereocenters. The number of nitrogens with zero attached hydrogens (tertiary/aromatic N) is 6. The molecule has 0 saturated heterocycles. The molecule has 4 aromatic rings. The minimum atomic E-state index is -0.166. The average Bonchev–Trinajstić information content (AvgIpc) is 3.36. The Morgan fingerprint density at radius 1 is 1.10 bits per heavy atom. The number of carbonyl (C=O) groups excluding carboxylic acids is 1. The number of aryl methyl sites for hydroxylation is 1. The quantitative estimate of drug-likeness (QED) is 0.554. The average molecular weight is 405 g/mol. The summed E-state index contributed by atoms with van der Waals surface area (Å²) in [7, 11) is 3.19. The van der Waals surface area contributed by atoms with Crippen LogP contribution in [0.4, 0.5) is 5.82 Å². The molecule has 0 saturated carbocycles. The van der Waals surface area contributed by atoms with Gasteiger partial charge in [-0.25, -0.2) is 0 Å². The van der Waals surface area contributed by atoms with Crippen LogP contribution in [-0.4, -0.2) is 49.7 Å². The summed E-state index contributed by atoms with van der Waals surface area (Å²) < 4.78 is 14.0. The number of anilines is 1. The third kappa shape index (κ3) is 2.76. The highest BCUT2D eigenvalue weighted by Crippen LogP contribution is 2.42. The van der Waals surface area contributed by atoms with E-state index in [9.17, 15) is 4.79 Å². The van der Waals surface area contributed by atoms with E-state index in [1.807, 2.05) is 25.1 Å². The van der Waals surface area contributed by atoms with Gasteiger partial charge in [0.1, 0.15) is 12.1 Å². The van der Waals surface area contributed by atoms with Crippen molar-refractivity contribution in [3.05, 3.63) is 53.5 Å². The number of aromatic nitrogens is 6. The SMILES string of the molecule is COc1ccc(C2CC(=O)Nc3c2c(C)nn3-c2ccc3nncn3n2)cc1OC. The largest absolute Gasteiger partial charge is 0.493 e. The highest BCUT2D eigenvalue weighted by atomic mass is 16.5. The first-order valence-corrected chi connectivity index (χ1v) is 9.37. The maximum atomic E-state index is 12.6. The lowest BCUT2D eigenvalue weighted by Crippen LogP contribution is -2.25. The molecule has 1 aromatic carbocycles. The molecule has 10 nitrogen and oxygen atoms in total. The third-order valence-corrected chi connectivity index (χ3v) is 5.28. The Hall–Kier alpha value is -3.95. The lowest BCUT2D eigenvalue weighted by Gasteiger charge is -2.25. The van der Waals surface area contributed by atoms with E-state index in [-0.39, 0.29) is 11.8 Å². The summed E-state index contributed by atoms with van der Waals surface area (Å²) in [5.41, 5.74) is 3.35. The molecule has 5 rings (SSSR count). The van der Waals surface area contributed by atoms with Gasteiger partial charge in [0.2, 0.25) is 5.91 Å². The van der Waals surface area contributed by atoms with Crippen LogP contribution in [0.25, 0.3) is 11.5 Å². The first-order valence-electron chi connectivity index (χ1n) is 9.37. The fraction of sp³-hybridized carbons (Fsp3) is 0.250. The number of fused-ring (bicyclic) bond motifs is 2. The zero-order chi connectivity index (χ0) is 20.8. The molecule has 1 aliphatic heterocycles. The summed E-state index contributed by atoms with van der Waals surface area (Å²) in [4.78, 5) is 12.6. The zero-order valence-electron chi connectivity index (χ0n) is 16.7. The summed E-state index contributed by atoms with van der Waals surface area (Å²) in [6.07, 6.45) is 1.83. The number of nitrogens with one attached hydrogen (secondary N) is 1. The summed E-state index contributed by atoms with van der Waals surface area (Å²) in [6, 6.07) is 9.30. The van der Waals surface area contributed by atoms with Crippen LogP contribution in [0.15, 0.2) is 36.7 Å². The molecule has 1 aliphatic rings. The van der Waals surface area contributed by atoms with Crippen molar-refractivity contribution in [2.45, 2.75) is 19.3 Å². The van der Waals surface area contributed by atoms with Gasteiger partial charge in [0.25, 0.3) is 0 Å². The van der Waals surface area contributed by atoms with Gasteiger partial charge in [0, 0.05) is 17.9 Å². The Balaban J connectivity index is 1.64. The number of rotatable bonds is 4. The van der Waals surface area contributed by atoms with Crippen LogP contribution in [0.1, 0.15) is 29.2 Å². The molecule has 0 bridgehead atoms. The van der Waals surface area contributed by atoms with E-state index in [2.05, 4.69) is 25.7 Å². The fourth-order valence-electron chi connectivity index (χ4n) is 3.90. The molecule has 30 heavy (non-hydrogen) atoms. The lowest BCUT2D eigenvalue weighted by atomic mass is 9.85. The van der Waals surface area contributed by atoms with E-state index >= 15 is 0 Å². The molecular formula is C20H19N7O3. The molecular weight excluding hydrogens is 386 g/mol. The third-order valence-electron chi connectivity index (χ3n) is 5.28. The van der Waals surface area contributed by atoms with E-state index in [0.717, 1.165) is 16.8 Å². The van der Waals surface area contributed by atoms with Gasteiger partial charge in [-0.1, -0.05) is 6.07 Å². The maximum absolute atomic E-state index is 12.6. The maximum Gasteiger partial charge on any atom is 0.226 e. The van der Waals surface area contributed by atoms with E-state index < -0.39 is 0 Å². The molecule has 1 amide bonds. The molecule has 152 valence electrons. The van der Waals surface area contributed by atoms with Gasteiger partial charge in [-0.15, -0.1) is 15.3 Å². The topological polar surface area (TPSA) is 108 Å². The number of hydrogen-bond donors (Lipinski definition) is 1. The fourth-order valence-corrected chi connectivity index (χ4v) is 3.90. The first-order chi connectivity index (χ1) is 14.6. The second-order valence-corrected chi connectivity index (χ2v) is 7.00. The van der Waals surface area contributed by atoms with Crippen LogP contribution in [0.3, 0.4) is 0 Å². The number of methoxy groups -OCH3 is 2. The van der Waals surface area contributed by atoms with Crippen LogP contribution in [-0.2, 0) is 4.79 Å². The van der Waals surface area contributed by atoms with E-state index in [1.165, 1.54) is 6.33 Å².